The standard InChI is InChI=1S/C10H10BrF2NO/c1-2-3-14-10(15)6-4-9(13)7(11)5-8(6)12/h4-5H,2-3H2,1H3,(H,14,15). The molecular formula is C10H10BrF2NO. The number of halogens is 3. The van der Waals surface area contributed by atoms with Gasteiger partial charge in [-0.25, -0.2) is 8.78 Å². The third-order valence-electron chi connectivity index (χ3n) is 1.79. The summed E-state index contributed by atoms with van der Waals surface area (Å²) in [6.07, 6.45) is 0.742. The molecule has 0 bridgehead atoms. The Morgan fingerprint density at radius 2 is 2.07 bits per heavy atom. The highest BCUT2D eigenvalue weighted by Gasteiger charge is 2.14. The third kappa shape index (κ3) is 2.99. The lowest BCUT2D eigenvalue weighted by Crippen LogP contribution is -2.25. The van der Waals surface area contributed by atoms with Gasteiger partial charge in [0.1, 0.15) is 11.6 Å². The van der Waals surface area contributed by atoms with Gasteiger partial charge in [0, 0.05) is 6.54 Å². The minimum atomic E-state index is -0.739. The fourth-order valence-corrected chi connectivity index (χ4v) is 1.35. The van der Waals surface area contributed by atoms with Crippen molar-refractivity contribution in [3.05, 3.63) is 33.8 Å². The number of hydrogen-bond donors (Lipinski definition) is 1. The molecule has 0 atom stereocenters. The molecule has 5 heteroatoms. The fourth-order valence-electron chi connectivity index (χ4n) is 1.03. The normalized spacial score (nSPS) is 10.1. The van der Waals surface area contributed by atoms with Gasteiger partial charge >= 0.3 is 0 Å². The summed E-state index contributed by atoms with van der Waals surface area (Å²) in [6.45, 7) is 2.31. The molecular weight excluding hydrogens is 268 g/mol. The van der Waals surface area contributed by atoms with Gasteiger partial charge in [-0.2, -0.15) is 0 Å². The molecule has 0 unspecified atom stereocenters. The van der Waals surface area contributed by atoms with Crippen LogP contribution in [0.4, 0.5) is 8.78 Å². The first-order chi connectivity index (χ1) is 7.06. The maximum atomic E-state index is 13.3. The third-order valence-corrected chi connectivity index (χ3v) is 2.40. The van der Waals surface area contributed by atoms with Crippen LogP contribution in [0, 0.1) is 11.6 Å². The van der Waals surface area contributed by atoms with Crippen molar-refractivity contribution < 1.29 is 13.6 Å². The largest absolute Gasteiger partial charge is 0.352 e. The van der Waals surface area contributed by atoms with Gasteiger partial charge in [-0.15, -0.1) is 0 Å². The quantitative estimate of drug-likeness (QED) is 0.846. The number of benzene rings is 1. The van der Waals surface area contributed by atoms with E-state index in [0.717, 1.165) is 18.6 Å². The maximum Gasteiger partial charge on any atom is 0.254 e. The maximum absolute atomic E-state index is 13.3. The summed E-state index contributed by atoms with van der Waals surface area (Å²) in [7, 11) is 0. The number of nitrogens with one attached hydrogen (secondary N) is 1. The second-order valence-electron chi connectivity index (χ2n) is 3.00. The molecule has 0 saturated heterocycles. The number of amides is 1. The van der Waals surface area contributed by atoms with Crippen LogP contribution in [0.3, 0.4) is 0 Å². The van der Waals surface area contributed by atoms with Gasteiger partial charge in [0.15, 0.2) is 0 Å². The lowest BCUT2D eigenvalue weighted by Gasteiger charge is -2.05. The zero-order chi connectivity index (χ0) is 11.4. The van der Waals surface area contributed by atoms with Gasteiger partial charge in [0.2, 0.25) is 0 Å². The highest BCUT2D eigenvalue weighted by atomic mass is 79.9. The summed E-state index contributed by atoms with van der Waals surface area (Å²) in [5.41, 5.74) is -0.274. The zero-order valence-electron chi connectivity index (χ0n) is 8.11. The van der Waals surface area contributed by atoms with E-state index in [2.05, 4.69) is 21.2 Å². The lowest BCUT2D eigenvalue weighted by atomic mass is 10.2. The van der Waals surface area contributed by atoms with Crippen molar-refractivity contribution in [2.45, 2.75) is 13.3 Å². The summed E-state index contributed by atoms with van der Waals surface area (Å²) in [6, 6.07) is 1.82. The first-order valence-electron chi connectivity index (χ1n) is 4.49. The SMILES string of the molecule is CCCNC(=O)c1cc(F)c(Br)cc1F. The molecule has 1 rings (SSSR count). The average Bonchev–Trinajstić information content (AvgIpc) is 2.20. The number of hydrogen-bond acceptors (Lipinski definition) is 1. The zero-order valence-corrected chi connectivity index (χ0v) is 9.70. The van der Waals surface area contributed by atoms with Gasteiger partial charge < -0.3 is 5.32 Å². The molecule has 1 aromatic carbocycles. The molecule has 1 aromatic rings. The van der Waals surface area contributed by atoms with Crippen molar-refractivity contribution >= 4 is 21.8 Å². The summed E-state index contributed by atoms with van der Waals surface area (Å²) >= 11 is 2.84. The molecule has 0 heterocycles. The lowest BCUT2D eigenvalue weighted by molar-refractivity contribution is 0.0949. The van der Waals surface area contributed by atoms with E-state index >= 15 is 0 Å². The summed E-state index contributed by atoms with van der Waals surface area (Å²) < 4.78 is 26.3. The van der Waals surface area contributed by atoms with Crippen molar-refractivity contribution in [3.63, 3.8) is 0 Å². The second-order valence-corrected chi connectivity index (χ2v) is 3.86. The Bertz CT molecular complexity index is 382. The van der Waals surface area contributed by atoms with Crippen LogP contribution < -0.4 is 5.32 Å². The van der Waals surface area contributed by atoms with E-state index in [4.69, 9.17) is 0 Å². The fraction of sp³-hybridized carbons (Fsp3) is 0.300. The van der Waals surface area contributed by atoms with Crippen LogP contribution in [-0.2, 0) is 0 Å². The Morgan fingerprint density at radius 1 is 1.40 bits per heavy atom. The van der Waals surface area contributed by atoms with Crippen molar-refractivity contribution in [3.8, 4) is 0 Å². The topological polar surface area (TPSA) is 29.1 Å². The van der Waals surface area contributed by atoms with Crippen molar-refractivity contribution in [1.82, 2.24) is 5.32 Å². The molecule has 0 aliphatic heterocycles. The molecule has 0 aromatic heterocycles. The molecule has 1 N–H and O–H groups in total. The minimum absolute atomic E-state index is 0.00652. The van der Waals surface area contributed by atoms with E-state index in [1.54, 1.807) is 0 Å². The number of rotatable bonds is 3. The van der Waals surface area contributed by atoms with E-state index in [-0.39, 0.29) is 10.0 Å². The van der Waals surface area contributed by atoms with Crippen LogP contribution >= 0.6 is 15.9 Å². The monoisotopic (exact) mass is 277 g/mol. The average molecular weight is 278 g/mol. The molecule has 2 nitrogen and oxygen atoms in total. The van der Waals surface area contributed by atoms with Crippen LogP contribution in [0.15, 0.2) is 16.6 Å². The molecule has 0 saturated carbocycles. The van der Waals surface area contributed by atoms with Crippen molar-refractivity contribution in [2.75, 3.05) is 6.54 Å². The van der Waals surface area contributed by atoms with Crippen LogP contribution in [0.2, 0.25) is 0 Å². The van der Waals surface area contributed by atoms with Crippen molar-refractivity contribution in [1.29, 1.82) is 0 Å². The van der Waals surface area contributed by atoms with E-state index in [9.17, 15) is 13.6 Å². The first kappa shape index (κ1) is 12.1. The van der Waals surface area contributed by atoms with Crippen LogP contribution in [0.1, 0.15) is 23.7 Å². The highest BCUT2D eigenvalue weighted by molar-refractivity contribution is 9.10. The molecule has 1 amide bonds. The van der Waals surface area contributed by atoms with Gasteiger partial charge in [-0.05, 0) is 34.5 Å². The molecule has 0 spiro atoms. The molecule has 0 aliphatic carbocycles. The summed E-state index contributed by atoms with van der Waals surface area (Å²) in [5, 5.41) is 2.48. The smallest absolute Gasteiger partial charge is 0.254 e. The predicted octanol–water partition coefficient (Wildman–Crippen LogP) is 2.87. The van der Waals surface area contributed by atoms with E-state index < -0.39 is 17.5 Å². The Balaban J connectivity index is 2.94. The Hall–Kier alpha value is -0.970. The number of carbonyl (C=O) groups excluding carboxylic acids is 1. The molecule has 15 heavy (non-hydrogen) atoms. The van der Waals surface area contributed by atoms with Gasteiger partial charge in [-0.3, -0.25) is 4.79 Å². The summed E-state index contributed by atoms with van der Waals surface area (Å²) in [4.78, 5) is 11.4. The van der Waals surface area contributed by atoms with Gasteiger partial charge in [0.05, 0.1) is 10.0 Å². The second kappa shape index (κ2) is 5.21. The van der Waals surface area contributed by atoms with Crippen LogP contribution in [0.25, 0.3) is 0 Å². The highest BCUT2D eigenvalue weighted by Crippen LogP contribution is 2.19. The molecule has 82 valence electrons. The van der Waals surface area contributed by atoms with Crippen LogP contribution in [-0.4, -0.2) is 12.5 Å². The molecule has 0 radical (unpaired) electrons. The minimum Gasteiger partial charge on any atom is -0.352 e. The van der Waals surface area contributed by atoms with Gasteiger partial charge in [-0.1, -0.05) is 6.92 Å². The Kier molecular flexibility index (Phi) is 4.20. The van der Waals surface area contributed by atoms with E-state index in [1.807, 2.05) is 6.92 Å². The predicted molar refractivity (Wildman–Crippen MR) is 56.7 cm³/mol. The van der Waals surface area contributed by atoms with Crippen LogP contribution in [0.5, 0.6) is 0 Å². The molecule has 0 fully saturated rings. The van der Waals surface area contributed by atoms with E-state index in [0.29, 0.717) is 6.54 Å². The Morgan fingerprint density at radius 3 is 2.67 bits per heavy atom. The summed E-state index contributed by atoms with van der Waals surface area (Å²) in [5.74, 6) is -1.99. The first-order valence-corrected chi connectivity index (χ1v) is 5.28. The van der Waals surface area contributed by atoms with Gasteiger partial charge in [0.25, 0.3) is 5.91 Å². The van der Waals surface area contributed by atoms with Crippen molar-refractivity contribution in [2.24, 2.45) is 0 Å². The molecule has 0 aliphatic rings. The number of carbonyl (C=O) groups is 1. The Labute approximate surface area is 94.8 Å². The van der Waals surface area contributed by atoms with E-state index in [1.165, 1.54) is 0 Å².